The molecule has 3 nitrogen and oxygen atoms in total. The van der Waals surface area contributed by atoms with E-state index in [0.717, 1.165) is 23.3 Å². The number of carbonyl (C=O) groups is 1. The quantitative estimate of drug-likeness (QED) is 0.850. The van der Waals surface area contributed by atoms with E-state index < -0.39 is 0 Å². The second-order valence-corrected chi connectivity index (χ2v) is 6.79. The van der Waals surface area contributed by atoms with Gasteiger partial charge < -0.3 is 9.47 Å². The van der Waals surface area contributed by atoms with E-state index in [1.807, 2.05) is 18.2 Å². The Hall–Kier alpha value is -1.61. The molecule has 112 valence electrons. The molecule has 1 aromatic rings. The molecular weight excluding hydrogens is 264 g/mol. The van der Waals surface area contributed by atoms with Crippen LogP contribution in [0.4, 0.5) is 0 Å². The predicted octanol–water partition coefficient (Wildman–Crippen LogP) is 3.66. The first-order valence-corrected chi connectivity index (χ1v) is 7.48. The molecule has 0 fully saturated rings. The summed E-state index contributed by atoms with van der Waals surface area (Å²) in [5, 5.41) is 0. The number of carbonyl (C=O) groups excluding carboxylic acids is 1. The Labute approximate surface area is 125 Å². The van der Waals surface area contributed by atoms with Gasteiger partial charge in [-0.2, -0.15) is 0 Å². The van der Waals surface area contributed by atoms with Gasteiger partial charge in [-0.25, -0.2) is 0 Å². The molecule has 1 aliphatic carbocycles. The van der Waals surface area contributed by atoms with E-state index in [-0.39, 0.29) is 23.2 Å². The van der Waals surface area contributed by atoms with Crippen molar-refractivity contribution in [2.24, 2.45) is 11.3 Å². The Kier molecular flexibility index (Phi) is 3.62. The van der Waals surface area contributed by atoms with Crippen LogP contribution in [0.1, 0.15) is 38.4 Å². The van der Waals surface area contributed by atoms with Gasteiger partial charge in [0, 0.05) is 25.5 Å². The van der Waals surface area contributed by atoms with Gasteiger partial charge in [0.25, 0.3) is 0 Å². The van der Waals surface area contributed by atoms with Crippen LogP contribution in [0.5, 0.6) is 0 Å². The number of benzene rings is 1. The second-order valence-electron chi connectivity index (χ2n) is 6.79. The molecule has 3 rings (SSSR count). The van der Waals surface area contributed by atoms with E-state index in [9.17, 15) is 4.79 Å². The smallest absolute Gasteiger partial charge is 0.163 e. The fourth-order valence-electron chi connectivity index (χ4n) is 3.48. The molecular formula is C18H22O3. The van der Waals surface area contributed by atoms with Crippen LogP contribution in [0.25, 0.3) is 0 Å². The maximum absolute atomic E-state index is 12.6. The summed E-state index contributed by atoms with van der Waals surface area (Å²) in [6, 6.07) is 10.1. The van der Waals surface area contributed by atoms with Crippen LogP contribution >= 0.6 is 0 Å². The lowest BCUT2D eigenvalue weighted by molar-refractivity contribution is -0.118. The van der Waals surface area contributed by atoms with E-state index >= 15 is 0 Å². The summed E-state index contributed by atoms with van der Waals surface area (Å²) in [5.41, 5.74) is 1.96. The van der Waals surface area contributed by atoms with E-state index in [1.54, 1.807) is 7.11 Å². The summed E-state index contributed by atoms with van der Waals surface area (Å²) in [4.78, 5) is 12.6. The lowest BCUT2D eigenvalue weighted by Gasteiger charge is -2.29. The number of methoxy groups -OCH3 is 1. The van der Waals surface area contributed by atoms with Crippen LogP contribution in [0.2, 0.25) is 0 Å². The number of hydrogen-bond acceptors (Lipinski definition) is 3. The first-order chi connectivity index (χ1) is 10.0. The van der Waals surface area contributed by atoms with Gasteiger partial charge >= 0.3 is 0 Å². The first-order valence-electron chi connectivity index (χ1n) is 7.48. The minimum absolute atomic E-state index is 0.0102. The van der Waals surface area contributed by atoms with Crippen molar-refractivity contribution in [2.45, 2.75) is 32.8 Å². The van der Waals surface area contributed by atoms with Gasteiger partial charge in [0.05, 0.1) is 12.5 Å². The molecule has 0 radical (unpaired) electrons. The standard InChI is InChI=1S/C18H22O3/c1-18(2)9-14(19)16-13(11-20-3)17(21-15(16)10-18)12-7-5-4-6-8-12/h4-8,13,17H,9-11H2,1-3H3/t13-,17-/m1/s1. The predicted molar refractivity (Wildman–Crippen MR) is 80.7 cm³/mol. The molecule has 1 heterocycles. The summed E-state index contributed by atoms with van der Waals surface area (Å²) < 4.78 is 11.6. The molecule has 0 aromatic heterocycles. The number of Topliss-reactive ketones (excluding diaryl/α,β-unsaturated/α-hetero) is 1. The van der Waals surface area contributed by atoms with Crippen molar-refractivity contribution in [1.29, 1.82) is 0 Å². The number of ketones is 1. The van der Waals surface area contributed by atoms with E-state index in [2.05, 4.69) is 26.0 Å². The highest BCUT2D eigenvalue weighted by Crippen LogP contribution is 2.49. The van der Waals surface area contributed by atoms with Crippen molar-refractivity contribution in [3.63, 3.8) is 0 Å². The van der Waals surface area contributed by atoms with Gasteiger partial charge in [0.15, 0.2) is 5.78 Å². The fraction of sp³-hybridized carbons (Fsp3) is 0.500. The molecule has 0 spiro atoms. The molecule has 0 saturated carbocycles. The van der Waals surface area contributed by atoms with Crippen LogP contribution in [-0.4, -0.2) is 19.5 Å². The second kappa shape index (κ2) is 5.30. The number of ether oxygens (including phenoxy) is 2. The van der Waals surface area contributed by atoms with Crippen molar-refractivity contribution in [3.05, 3.63) is 47.2 Å². The van der Waals surface area contributed by atoms with E-state index in [4.69, 9.17) is 9.47 Å². The Bertz CT molecular complexity index is 571. The summed E-state index contributed by atoms with van der Waals surface area (Å²) in [6.07, 6.45) is 1.32. The highest BCUT2D eigenvalue weighted by atomic mass is 16.5. The van der Waals surface area contributed by atoms with Crippen molar-refractivity contribution >= 4 is 5.78 Å². The molecule has 0 unspecified atom stereocenters. The van der Waals surface area contributed by atoms with Gasteiger partial charge in [0.2, 0.25) is 0 Å². The normalized spacial score (nSPS) is 27.5. The van der Waals surface area contributed by atoms with Gasteiger partial charge in [-0.3, -0.25) is 4.79 Å². The summed E-state index contributed by atoms with van der Waals surface area (Å²) in [5.74, 6) is 1.12. The minimum Gasteiger partial charge on any atom is -0.489 e. The third kappa shape index (κ3) is 2.62. The van der Waals surface area contributed by atoms with Crippen LogP contribution in [0, 0.1) is 11.3 Å². The molecule has 2 aliphatic rings. The van der Waals surface area contributed by atoms with E-state index in [0.29, 0.717) is 13.0 Å². The van der Waals surface area contributed by atoms with Crippen LogP contribution < -0.4 is 0 Å². The summed E-state index contributed by atoms with van der Waals surface area (Å²) >= 11 is 0. The summed E-state index contributed by atoms with van der Waals surface area (Å²) in [6.45, 7) is 4.77. The summed E-state index contributed by atoms with van der Waals surface area (Å²) in [7, 11) is 1.68. The van der Waals surface area contributed by atoms with Crippen molar-refractivity contribution in [1.82, 2.24) is 0 Å². The number of hydrogen-bond donors (Lipinski definition) is 0. The molecule has 0 amide bonds. The van der Waals surface area contributed by atoms with Gasteiger partial charge in [-0.05, 0) is 11.0 Å². The molecule has 0 bridgehead atoms. The van der Waals surface area contributed by atoms with Crippen LogP contribution in [-0.2, 0) is 14.3 Å². The Morgan fingerprint density at radius 3 is 2.62 bits per heavy atom. The topological polar surface area (TPSA) is 35.5 Å². The van der Waals surface area contributed by atoms with Crippen LogP contribution in [0.3, 0.4) is 0 Å². The fourth-order valence-corrected chi connectivity index (χ4v) is 3.48. The SMILES string of the molecule is COC[C@@H]1C2=C(CC(C)(C)CC2=O)O[C@@H]1c1ccccc1. The Balaban J connectivity index is 1.96. The lowest BCUT2D eigenvalue weighted by Crippen LogP contribution is -2.27. The number of allylic oxidation sites excluding steroid dienone is 1. The number of rotatable bonds is 3. The lowest BCUT2D eigenvalue weighted by atomic mass is 9.74. The van der Waals surface area contributed by atoms with Gasteiger partial charge in [0.1, 0.15) is 11.9 Å². The first kappa shape index (κ1) is 14.3. The highest BCUT2D eigenvalue weighted by Gasteiger charge is 2.46. The average Bonchev–Trinajstić information content (AvgIpc) is 2.77. The zero-order valence-corrected chi connectivity index (χ0v) is 12.9. The molecule has 21 heavy (non-hydrogen) atoms. The minimum atomic E-state index is -0.103. The molecule has 2 atom stereocenters. The van der Waals surface area contributed by atoms with E-state index in [1.165, 1.54) is 0 Å². The van der Waals surface area contributed by atoms with Gasteiger partial charge in [-0.15, -0.1) is 0 Å². The Morgan fingerprint density at radius 2 is 1.95 bits per heavy atom. The molecule has 0 N–H and O–H groups in total. The van der Waals surface area contributed by atoms with Crippen LogP contribution in [0.15, 0.2) is 41.7 Å². The molecule has 1 aromatic carbocycles. The Morgan fingerprint density at radius 1 is 1.24 bits per heavy atom. The molecule has 1 aliphatic heterocycles. The largest absolute Gasteiger partial charge is 0.489 e. The third-order valence-corrected chi connectivity index (χ3v) is 4.36. The third-order valence-electron chi connectivity index (χ3n) is 4.36. The monoisotopic (exact) mass is 286 g/mol. The van der Waals surface area contributed by atoms with Gasteiger partial charge in [-0.1, -0.05) is 44.2 Å². The molecule has 0 saturated heterocycles. The maximum atomic E-state index is 12.6. The zero-order valence-electron chi connectivity index (χ0n) is 12.9. The zero-order chi connectivity index (χ0) is 15.0. The van der Waals surface area contributed by atoms with Crippen molar-refractivity contribution in [2.75, 3.05) is 13.7 Å². The van der Waals surface area contributed by atoms with Crippen molar-refractivity contribution in [3.8, 4) is 0 Å². The average molecular weight is 286 g/mol. The maximum Gasteiger partial charge on any atom is 0.163 e. The van der Waals surface area contributed by atoms with Crippen molar-refractivity contribution < 1.29 is 14.3 Å². The molecule has 3 heteroatoms. The highest BCUT2D eigenvalue weighted by molar-refractivity contribution is 5.98.